The lowest BCUT2D eigenvalue weighted by atomic mass is 9.95. The molecule has 0 aromatic heterocycles. The van der Waals surface area contributed by atoms with Gasteiger partial charge in [-0.05, 0) is 62.9 Å². The Hall–Kier alpha value is -3.62. The maximum atomic E-state index is 13.9. The molecule has 238 valence electrons. The van der Waals surface area contributed by atoms with Gasteiger partial charge in [0, 0.05) is 17.5 Å². The molecule has 0 bridgehead atoms. The van der Waals surface area contributed by atoms with Crippen LogP contribution in [0, 0.1) is 12.8 Å². The molecule has 0 aliphatic carbocycles. The predicted octanol–water partition coefficient (Wildman–Crippen LogP) is 2.10. The number of fused-ring (bicyclic) bond motifs is 1. The molecule has 2 heterocycles. The number of aliphatic carboxylic acids is 1. The first kappa shape index (κ1) is 33.3. The topological polar surface area (TPSA) is 179 Å². The molecule has 2 aromatic rings. The van der Waals surface area contributed by atoms with Gasteiger partial charge < -0.3 is 26.4 Å². The van der Waals surface area contributed by atoms with Crippen molar-refractivity contribution in [1.29, 1.82) is 0 Å². The van der Waals surface area contributed by atoms with E-state index in [0.717, 1.165) is 9.87 Å². The number of thioether (sulfide) groups is 1. The minimum absolute atomic E-state index is 0.0296. The molecule has 2 saturated heterocycles. The van der Waals surface area contributed by atoms with Crippen molar-refractivity contribution in [1.82, 2.24) is 19.8 Å². The third-order valence-corrected chi connectivity index (χ3v) is 11.4. The van der Waals surface area contributed by atoms with Crippen molar-refractivity contribution in [2.75, 3.05) is 12.8 Å². The zero-order valence-electron chi connectivity index (χ0n) is 25.5. The third kappa shape index (κ3) is 6.42. The second-order valence-electron chi connectivity index (χ2n) is 12.2. The number of amides is 3. The quantitative estimate of drug-likeness (QED) is 0.210. The standard InChI is InChI=1S/C30H39N5O7S2/c1-16(2)14-21(34(6)44(41,42)20-12-10-17(3)11-13-20)25(36)32-22(18-8-7-9-19(31)15-18)26(37)33-23-27(38)35-24(29(39)40)30(4,5)43-28(23)35/h7-13,15-16,21-24,28H,14,31H2,1-6H3,(H,32,36)(H,33,37)(H,39,40)/t21?,22?,23?,24-,28+/m0/s1. The van der Waals surface area contributed by atoms with E-state index in [2.05, 4.69) is 10.6 Å². The Kier molecular flexibility index (Phi) is 9.38. The Balaban J connectivity index is 1.61. The number of hydrogen-bond acceptors (Lipinski definition) is 8. The molecule has 2 aliphatic rings. The number of benzene rings is 2. The average Bonchev–Trinajstić information content (AvgIpc) is 3.20. The Bertz CT molecular complexity index is 1560. The first-order valence-electron chi connectivity index (χ1n) is 14.2. The largest absolute Gasteiger partial charge is 0.480 e. The highest BCUT2D eigenvalue weighted by molar-refractivity contribution is 8.01. The highest BCUT2D eigenvalue weighted by Gasteiger charge is 2.64. The van der Waals surface area contributed by atoms with Crippen molar-refractivity contribution in [3.63, 3.8) is 0 Å². The number of nitrogens with one attached hydrogen (secondary N) is 2. The molecule has 2 aliphatic heterocycles. The van der Waals surface area contributed by atoms with Gasteiger partial charge in [-0.1, -0.05) is 43.7 Å². The van der Waals surface area contributed by atoms with Gasteiger partial charge in [0.05, 0.1) is 4.90 Å². The fourth-order valence-corrected chi connectivity index (χ4v) is 8.53. The van der Waals surface area contributed by atoms with Crippen molar-refractivity contribution < 1.29 is 32.7 Å². The molecule has 4 rings (SSSR count). The van der Waals surface area contributed by atoms with Gasteiger partial charge in [0.1, 0.15) is 29.5 Å². The van der Waals surface area contributed by atoms with Gasteiger partial charge in [-0.15, -0.1) is 11.8 Å². The Labute approximate surface area is 261 Å². The number of β-lactam (4-membered cyclic amide) rings is 1. The Morgan fingerprint density at radius 1 is 1.11 bits per heavy atom. The second-order valence-corrected chi connectivity index (χ2v) is 15.9. The van der Waals surface area contributed by atoms with Crippen LogP contribution in [0.4, 0.5) is 5.69 Å². The monoisotopic (exact) mass is 645 g/mol. The summed E-state index contributed by atoms with van der Waals surface area (Å²) in [5, 5.41) is 14.5. The van der Waals surface area contributed by atoms with E-state index in [1.165, 1.54) is 41.9 Å². The predicted molar refractivity (Wildman–Crippen MR) is 167 cm³/mol. The molecule has 14 heteroatoms. The number of likely N-dealkylation sites (N-methyl/N-ethyl adjacent to an activating group) is 1. The summed E-state index contributed by atoms with van der Waals surface area (Å²) < 4.78 is 27.3. The number of carbonyl (C=O) groups is 4. The van der Waals surface area contributed by atoms with Gasteiger partial charge in [0.2, 0.25) is 27.7 Å². The van der Waals surface area contributed by atoms with Gasteiger partial charge in [-0.25, -0.2) is 13.2 Å². The summed E-state index contributed by atoms with van der Waals surface area (Å²) in [6.07, 6.45) is 0.166. The van der Waals surface area contributed by atoms with Crippen LogP contribution in [0.2, 0.25) is 0 Å². The number of nitrogen functional groups attached to an aromatic ring is 1. The van der Waals surface area contributed by atoms with Crippen molar-refractivity contribution >= 4 is 51.2 Å². The lowest BCUT2D eigenvalue weighted by molar-refractivity contribution is -0.161. The summed E-state index contributed by atoms with van der Waals surface area (Å²) in [6, 6.07) is 8.07. The van der Waals surface area contributed by atoms with E-state index < -0.39 is 68.0 Å². The lowest BCUT2D eigenvalue weighted by Gasteiger charge is -2.44. The van der Waals surface area contributed by atoms with E-state index in [9.17, 15) is 32.7 Å². The van der Waals surface area contributed by atoms with Crippen molar-refractivity contribution in [2.24, 2.45) is 5.92 Å². The highest BCUT2D eigenvalue weighted by atomic mass is 32.2. The minimum Gasteiger partial charge on any atom is -0.480 e. The van der Waals surface area contributed by atoms with E-state index in [1.807, 2.05) is 20.8 Å². The number of carbonyl (C=O) groups excluding carboxylic acids is 3. The molecule has 2 fully saturated rings. The zero-order chi connectivity index (χ0) is 32.7. The fourth-order valence-electron chi connectivity index (χ4n) is 5.57. The van der Waals surface area contributed by atoms with Crippen molar-refractivity contribution in [2.45, 2.75) is 80.2 Å². The van der Waals surface area contributed by atoms with Gasteiger partial charge in [-0.3, -0.25) is 14.4 Å². The maximum absolute atomic E-state index is 13.9. The SMILES string of the molecule is Cc1ccc(S(=O)(=O)N(C)C(CC(C)C)C(=O)NC(C(=O)NC2C(=O)N3[C@@H]2SC(C)(C)[C@@H]3C(=O)O)c2cccc(N)c2)cc1. The van der Waals surface area contributed by atoms with E-state index >= 15 is 0 Å². The van der Waals surface area contributed by atoms with Crippen LogP contribution in [0.1, 0.15) is 51.3 Å². The normalized spacial score (nSPS) is 22.2. The number of carboxylic acid groups (broad SMARTS) is 1. The first-order chi connectivity index (χ1) is 20.5. The molecule has 44 heavy (non-hydrogen) atoms. The number of rotatable bonds is 11. The molecule has 0 radical (unpaired) electrons. The molecule has 0 saturated carbocycles. The molecule has 5 atom stereocenters. The van der Waals surface area contributed by atoms with E-state index in [1.54, 1.807) is 44.2 Å². The number of aryl methyl sites for hydroxylation is 1. The lowest BCUT2D eigenvalue weighted by Crippen LogP contribution is -2.71. The van der Waals surface area contributed by atoms with Crippen LogP contribution in [0.15, 0.2) is 53.4 Å². The van der Waals surface area contributed by atoms with Crippen LogP contribution in [-0.4, -0.2) is 81.7 Å². The molecule has 3 amide bonds. The van der Waals surface area contributed by atoms with Crippen LogP contribution in [0.3, 0.4) is 0 Å². The summed E-state index contributed by atoms with van der Waals surface area (Å²) in [5.74, 6) is -3.17. The van der Waals surface area contributed by atoms with Gasteiger partial charge >= 0.3 is 5.97 Å². The van der Waals surface area contributed by atoms with Crippen LogP contribution in [0.5, 0.6) is 0 Å². The molecule has 0 spiro atoms. The highest BCUT2D eigenvalue weighted by Crippen LogP contribution is 2.50. The average molecular weight is 646 g/mol. The van der Waals surface area contributed by atoms with Crippen LogP contribution >= 0.6 is 11.8 Å². The van der Waals surface area contributed by atoms with Gasteiger partial charge in [0.15, 0.2) is 0 Å². The number of sulfonamides is 1. The van der Waals surface area contributed by atoms with E-state index in [0.29, 0.717) is 11.3 Å². The molecular weight excluding hydrogens is 606 g/mol. The minimum atomic E-state index is -4.08. The Morgan fingerprint density at radius 3 is 2.32 bits per heavy atom. The number of nitrogens with two attached hydrogens (primary N) is 1. The smallest absolute Gasteiger partial charge is 0.327 e. The number of anilines is 1. The summed E-state index contributed by atoms with van der Waals surface area (Å²) >= 11 is 1.28. The second kappa shape index (κ2) is 12.4. The molecule has 12 nitrogen and oxygen atoms in total. The number of nitrogens with zero attached hydrogens (tertiary/aromatic N) is 2. The summed E-state index contributed by atoms with van der Waals surface area (Å²) in [7, 11) is -2.75. The number of hydrogen-bond donors (Lipinski definition) is 4. The fraction of sp³-hybridized carbons (Fsp3) is 0.467. The van der Waals surface area contributed by atoms with Gasteiger partial charge in [0.25, 0.3) is 0 Å². The molecule has 5 N–H and O–H groups in total. The van der Waals surface area contributed by atoms with Crippen molar-refractivity contribution in [3.05, 3.63) is 59.7 Å². The Morgan fingerprint density at radius 2 is 1.75 bits per heavy atom. The molecule has 3 unspecified atom stereocenters. The van der Waals surface area contributed by atoms with Gasteiger partial charge in [-0.2, -0.15) is 4.31 Å². The summed E-state index contributed by atoms with van der Waals surface area (Å²) in [5.41, 5.74) is 7.52. The molecule has 2 aromatic carbocycles. The van der Waals surface area contributed by atoms with Crippen LogP contribution in [-0.2, 0) is 29.2 Å². The maximum Gasteiger partial charge on any atom is 0.327 e. The first-order valence-corrected chi connectivity index (χ1v) is 16.5. The number of carboxylic acids is 1. The molecular formula is C30H39N5O7S2. The van der Waals surface area contributed by atoms with Crippen LogP contribution in [0.25, 0.3) is 0 Å². The van der Waals surface area contributed by atoms with E-state index in [4.69, 9.17) is 5.73 Å². The van der Waals surface area contributed by atoms with E-state index in [-0.39, 0.29) is 17.2 Å². The summed E-state index contributed by atoms with van der Waals surface area (Å²) in [6.45, 7) is 9.00. The third-order valence-electron chi connectivity index (χ3n) is 7.90. The summed E-state index contributed by atoms with van der Waals surface area (Å²) in [4.78, 5) is 53.9. The van der Waals surface area contributed by atoms with Crippen molar-refractivity contribution in [3.8, 4) is 0 Å². The van der Waals surface area contributed by atoms with Crippen LogP contribution < -0.4 is 16.4 Å². The zero-order valence-corrected chi connectivity index (χ0v) is 27.1.